The van der Waals surface area contributed by atoms with E-state index in [-0.39, 0.29) is 18.4 Å². The van der Waals surface area contributed by atoms with Gasteiger partial charge in [0, 0.05) is 30.2 Å². The largest absolute Gasteiger partial charge is 0.484 e. The van der Waals surface area contributed by atoms with Crippen molar-refractivity contribution in [3.05, 3.63) is 46.9 Å². The third kappa shape index (κ3) is 5.71. The number of rotatable bonds is 6. The second kappa shape index (κ2) is 9.57. The molecule has 2 aromatic rings. The Balaban J connectivity index is 1.70. The van der Waals surface area contributed by atoms with E-state index in [1.165, 1.54) is 6.92 Å². The Hall–Kier alpha value is -2.58. The number of ether oxygens (including phenoxy) is 2. The zero-order chi connectivity index (χ0) is 19.9. The molecule has 0 unspecified atom stereocenters. The van der Waals surface area contributed by atoms with Gasteiger partial charge in [-0.3, -0.25) is 9.59 Å². The number of hydrogen-bond acceptors (Lipinski definition) is 5. The highest BCUT2D eigenvalue weighted by Crippen LogP contribution is 2.30. The van der Waals surface area contributed by atoms with Gasteiger partial charge in [-0.2, -0.15) is 0 Å². The van der Waals surface area contributed by atoms with Gasteiger partial charge in [-0.05, 0) is 42.5 Å². The summed E-state index contributed by atoms with van der Waals surface area (Å²) in [6.45, 7) is 4.01. The minimum absolute atomic E-state index is 0.0996. The van der Waals surface area contributed by atoms with E-state index in [0.717, 1.165) is 10.2 Å². The molecule has 0 atom stereocenters. The van der Waals surface area contributed by atoms with Gasteiger partial charge < -0.3 is 25.0 Å². The second-order valence-electron chi connectivity index (χ2n) is 6.30. The average molecular weight is 448 g/mol. The van der Waals surface area contributed by atoms with E-state index in [2.05, 4.69) is 31.5 Å². The van der Waals surface area contributed by atoms with Crippen molar-refractivity contribution in [1.29, 1.82) is 0 Å². The van der Waals surface area contributed by atoms with E-state index in [1.54, 1.807) is 24.3 Å². The van der Waals surface area contributed by atoms with Crippen molar-refractivity contribution in [3.63, 3.8) is 0 Å². The van der Waals surface area contributed by atoms with Crippen LogP contribution >= 0.6 is 15.9 Å². The molecule has 2 aromatic carbocycles. The maximum absolute atomic E-state index is 12.4. The lowest BCUT2D eigenvalue weighted by Gasteiger charge is -2.31. The summed E-state index contributed by atoms with van der Waals surface area (Å²) in [5.74, 6) is 0.213. The van der Waals surface area contributed by atoms with Crippen LogP contribution in [0.2, 0.25) is 0 Å². The van der Waals surface area contributed by atoms with Crippen LogP contribution in [0.5, 0.6) is 5.75 Å². The highest BCUT2D eigenvalue weighted by atomic mass is 79.9. The zero-order valence-electron chi connectivity index (χ0n) is 15.5. The molecule has 28 heavy (non-hydrogen) atoms. The van der Waals surface area contributed by atoms with Crippen LogP contribution in [0.25, 0.3) is 0 Å². The van der Waals surface area contributed by atoms with E-state index < -0.39 is 0 Å². The summed E-state index contributed by atoms with van der Waals surface area (Å²) in [5, 5.41) is 5.68. The summed E-state index contributed by atoms with van der Waals surface area (Å²) < 4.78 is 11.9. The number of carbonyl (C=O) groups excluding carboxylic acids is 2. The Morgan fingerprint density at radius 3 is 2.50 bits per heavy atom. The SMILES string of the molecule is CC(=O)Nc1ccc(NC(=O)COc2ccc(Br)cc2)c(N2CCOCC2)c1. The van der Waals surface area contributed by atoms with Crippen molar-refractivity contribution in [3.8, 4) is 5.75 Å². The normalized spacial score (nSPS) is 13.7. The van der Waals surface area contributed by atoms with E-state index in [9.17, 15) is 9.59 Å². The van der Waals surface area contributed by atoms with Crippen molar-refractivity contribution in [2.45, 2.75) is 6.92 Å². The fourth-order valence-electron chi connectivity index (χ4n) is 2.85. The number of halogens is 1. The smallest absolute Gasteiger partial charge is 0.262 e. The molecule has 1 heterocycles. The maximum atomic E-state index is 12.4. The van der Waals surface area contributed by atoms with Crippen LogP contribution in [0.4, 0.5) is 17.1 Å². The first-order chi connectivity index (χ1) is 13.5. The summed E-state index contributed by atoms with van der Waals surface area (Å²) in [6.07, 6.45) is 0. The monoisotopic (exact) mass is 447 g/mol. The quantitative estimate of drug-likeness (QED) is 0.710. The Bertz CT molecular complexity index is 836. The van der Waals surface area contributed by atoms with Gasteiger partial charge in [0.1, 0.15) is 5.75 Å². The van der Waals surface area contributed by atoms with Crippen LogP contribution in [0.1, 0.15) is 6.92 Å². The summed E-state index contributed by atoms with van der Waals surface area (Å²) in [4.78, 5) is 25.9. The number of carbonyl (C=O) groups is 2. The van der Waals surface area contributed by atoms with Crippen LogP contribution in [-0.2, 0) is 14.3 Å². The lowest BCUT2D eigenvalue weighted by molar-refractivity contribution is -0.118. The molecule has 1 fully saturated rings. The molecule has 7 nitrogen and oxygen atoms in total. The number of anilines is 3. The first-order valence-corrected chi connectivity index (χ1v) is 9.73. The third-order valence-corrected chi connectivity index (χ3v) is 4.66. The van der Waals surface area contributed by atoms with Gasteiger partial charge >= 0.3 is 0 Å². The van der Waals surface area contributed by atoms with Crippen LogP contribution in [0.3, 0.4) is 0 Å². The minimum Gasteiger partial charge on any atom is -0.484 e. The van der Waals surface area contributed by atoms with Crippen molar-refractivity contribution in [2.75, 3.05) is 48.4 Å². The second-order valence-corrected chi connectivity index (χ2v) is 7.22. The summed E-state index contributed by atoms with van der Waals surface area (Å²) in [6, 6.07) is 12.7. The molecule has 0 radical (unpaired) electrons. The average Bonchev–Trinajstić information content (AvgIpc) is 2.69. The topological polar surface area (TPSA) is 79.9 Å². The molecular formula is C20H22BrN3O4. The number of nitrogens with one attached hydrogen (secondary N) is 2. The van der Waals surface area contributed by atoms with Gasteiger partial charge in [0.25, 0.3) is 5.91 Å². The molecule has 1 aliphatic heterocycles. The molecule has 2 amide bonds. The van der Waals surface area contributed by atoms with E-state index in [4.69, 9.17) is 9.47 Å². The summed E-state index contributed by atoms with van der Waals surface area (Å²) in [5.41, 5.74) is 2.19. The molecule has 148 valence electrons. The zero-order valence-corrected chi connectivity index (χ0v) is 17.1. The molecule has 2 N–H and O–H groups in total. The Kier molecular flexibility index (Phi) is 6.89. The molecule has 8 heteroatoms. The van der Waals surface area contributed by atoms with E-state index in [0.29, 0.717) is 43.4 Å². The van der Waals surface area contributed by atoms with Gasteiger partial charge in [0.2, 0.25) is 5.91 Å². The number of nitrogens with zero attached hydrogens (tertiary/aromatic N) is 1. The lowest BCUT2D eigenvalue weighted by Crippen LogP contribution is -2.37. The van der Waals surface area contributed by atoms with Crippen LogP contribution < -0.4 is 20.3 Å². The van der Waals surface area contributed by atoms with E-state index >= 15 is 0 Å². The highest BCUT2D eigenvalue weighted by molar-refractivity contribution is 9.10. The molecule has 0 aliphatic carbocycles. The highest BCUT2D eigenvalue weighted by Gasteiger charge is 2.17. The molecular weight excluding hydrogens is 426 g/mol. The molecule has 0 aromatic heterocycles. The maximum Gasteiger partial charge on any atom is 0.262 e. The van der Waals surface area contributed by atoms with Gasteiger partial charge in [0.05, 0.1) is 24.6 Å². The Labute approximate surface area is 172 Å². The molecule has 0 bridgehead atoms. The molecule has 0 saturated carbocycles. The van der Waals surface area contributed by atoms with Gasteiger partial charge in [-0.15, -0.1) is 0 Å². The van der Waals surface area contributed by atoms with Gasteiger partial charge in [-0.25, -0.2) is 0 Å². The predicted molar refractivity (Wildman–Crippen MR) is 112 cm³/mol. The minimum atomic E-state index is -0.260. The fraction of sp³-hybridized carbons (Fsp3) is 0.300. The molecule has 1 saturated heterocycles. The van der Waals surface area contributed by atoms with Crippen molar-refractivity contribution in [1.82, 2.24) is 0 Å². The van der Waals surface area contributed by atoms with Crippen LogP contribution in [0, 0.1) is 0 Å². The van der Waals surface area contributed by atoms with Crippen LogP contribution in [0.15, 0.2) is 46.9 Å². The predicted octanol–water partition coefficient (Wildman–Crippen LogP) is 3.26. The molecule has 0 spiro atoms. The van der Waals surface area contributed by atoms with Crippen LogP contribution in [-0.4, -0.2) is 44.7 Å². The van der Waals surface area contributed by atoms with Gasteiger partial charge in [-0.1, -0.05) is 15.9 Å². The lowest BCUT2D eigenvalue weighted by atomic mass is 10.2. The Morgan fingerprint density at radius 2 is 1.82 bits per heavy atom. The summed E-state index contributed by atoms with van der Waals surface area (Å²) >= 11 is 3.36. The fourth-order valence-corrected chi connectivity index (χ4v) is 3.11. The number of benzene rings is 2. The third-order valence-electron chi connectivity index (χ3n) is 4.13. The van der Waals surface area contributed by atoms with Crippen molar-refractivity contribution >= 4 is 44.8 Å². The van der Waals surface area contributed by atoms with E-state index in [1.807, 2.05) is 18.2 Å². The van der Waals surface area contributed by atoms with Crippen molar-refractivity contribution in [2.24, 2.45) is 0 Å². The summed E-state index contributed by atoms with van der Waals surface area (Å²) in [7, 11) is 0. The van der Waals surface area contributed by atoms with Gasteiger partial charge in [0.15, 0.2) is 6.61 Å². The number of morpholine rings is 1. The molecule has 1 aliphatic rings. The number of hydrogen-bond donors (Lipinski definition) is 2. The Morgan fingerprint density at radius 1 is 1.11 bits per heavy atom. The first-order valence-electron chi connectivity index (χ1n) is 8.94. The first kappa shape index (κ1) is 20.2. The standard InChI is InChI=1S/C20H22BrN3O4/c1-14(25)22-16-4-7-18(19(12-16)24-8-10-27-11-9-24)23-20(26)13-28-17-5-2-15(21)3-6-17/h2-7,12H,8-11,13H2,1H3,(H,22,25)(H,23,26). The number of amides is 2. The molecule has 3 rings (SSSR count). The van der Waals surface area contributed by atoms with Crippen molar-refractivity contribution < 1.29 is 19.1 Å².